The first-order valence-corrected chi connectivity index (χ1v) is 13.1. The Morgan fingerprint density at radius 3 is 2.55 bits per heavy atom. The van der Waals surface area contributed by atoms with Gasteiger partial charge in [-0.3, -0.25) is 4.79 Å². The van der Waals surface area contributed by atoms with Crippen molar-refractivity contribution < 1.29 is 17.9 Å². The summed E-state index contributed by atoms with van der Waals surface area (Å²) in [6, 6.07) is 1.10. The largest absolute Gasteiger partial charge is 0.496 e. The van der Waals surface area contributed by atoms with Crippen LogP contribution in [0.2, 0.25) is 0 Å². The quantitative estimate of drug-likeness (QED) is 0.340. The van der Waals surface area contributed by atoms with E-state index in [0.29, 0.717) is 41.4 Å². The van der Waals surface area contributed by atoms with Crippen LogP contribution in [0.15, 0.2) is 26.9 Å². The highest BCUT2D eigenvalue weighted by Crippen LogP contribution is 2.32. The summed E-state index contributed by atoms with van der Waals surface area (Å²) in [6.45, 7) is 6.37. The summed E-state index contributed by atoms with van der Waals surface area (Å²) in [5.41, 5.74) is 14.1. The van der Waals surface area contributed by atoms with Gasteiger partial charge in [0.25, 0.3) is 10.0 Å². The lowest BCUT2D eigenvalue weighted by Crippen LogP contribution is -2.44. The minimum atomic E-state index is -3.99. The minimum Gasteiger partial charge on any atom is -0.496 e. The van der Waals surface area contributed by atoms with Gasteiger partial charge in [-0.05, 0) is 68.7 Å². The first-order chi connectivity index (χ1) is 15.5. The van der Waals surface area contributed by atoms with Crippen LogP contribution in [0.4, 0.5) is 0 Å². The molecular formula is C22H31N5O4S2. The molecule has 0 aliphatic carbocycles. The molecule has 0 amide bonds. The number of piperidine rings is 1. The number of rotatable bonds is 7. The molecule has 0 radical (unpaired) electrons. The van der Waals surface area contributed by atoms with Gasteiger partial charge < -0.3 is 21.1 Å². The summed E-state index contributed by atoms with van der Waals surface area (Å²) in [7, 11) is -2.44. The maximum absolute atomic E-state index is 13.1. The number of nitrogens with two attached hydrogens (primary N) is 2. The Bertz CT molecular complexity index is 1140. The average Bonchev–Trinajstić information content (AvgIpc) is 3.30. The van der Waals surface area contributed by atoms with Crippen LogP contribution in [0.5, 0.6) is 5.75 Å². The molecule has 9 nitrogen and oxygen atoms in total. The molecule has 4 N–H and O–H groups in total. The highest BCUT2D eigenvalue weighted by atomic mass is 32.2. The zero-order valence-electron chi connectivity index (χ0n) is 19.4. The maximum atomic E-state index is 13.1. The van der Waals surface area contributed by atoms with Crippen molar-refractivity contribution in [3.05, 3.63) is 39.3 Å². The van der Waals surface area contributed by atoms with Gasteiger partial charge in [-0.2, -0.15) is 8.42 Å². The van der Waals surface area contributed by atoms with Crippen molar-refractivity contribution in [1.82, 2.24) is 9.88 Å². The normalized spacial score (nSPS) is 16.6. The third-order valence-electron chi connectivity index (χ3n) is 6.18. The molecule has 0 bridgehead atoms. The van der Waals surface area contributed by atoms with Crippen molar-refractivity contribution in [2.75, 3.05) is 20.2 Å². The molecule has 1 unspecified atom stereocenters. The zero-order valence-corrected chi connectivity index (χ0v) is 21.0. The van der Waals surface area contributed by atoms with Crippen molar-refractivity contribution in [2.45, 2.75) is 51.0 Å². The van der Waals surface area contributed by atoms with E-state index in [1.807, 2.05) is 6.92 Å². The lowest BCUT2D eigenvalue weighted by atomic mass is 9.89. The van der Waals surface area contributed by atoms with Gasteiger partial charge in [0.15, 0.2) is 5.01 Å². The van der Waals surface area contributed by atoms with Gasteiger partial charge in [-0.25, -0.2) is 4.98 Å². The van der Waals surface area contributed by atoms with Crippen LogP contribution in [0, 0.1) is 26.7 Å². The molecule has 33 heavy (non-hydrogen) atoms. The maximum Gasteiger partial charge on any atom is 0.286 e. The first-order valence-electron chi connectivity index (χ1n) is 10.7. The molecule has 2 heterocycles. The van der Waals surface area contributed by atoms with E-state index in [1.165, 1.54) is 11.3 Å². The summed E-state index contributed by atoms with van der Waals surface area (Å²) in [6.07, 6.45) is 3.64. The van der Waals surface area contributed by atoms with Crippen LogP contribution < -0.4 is 16.2 Å². The van der Waals surface area contributed by atoms with Crippen LogP contribution in [0.3, 0.4) is 0 Å². The van der Waals surface area contributed by atoms with Crippen molar-refractivity contribution in [2.24, 2.45) is 21.8 Å². The van der Waals surface area contributed by atoms with Crippen molar-refractivity contribution in [3.8, 4) is 5.75 Å². The summed E-state index contributed by atoms with van der Waals surface area (Å²) >= 11 is 1.29. The number of likely N-dealkylation sites (tertiary alicyclic amines) is 1. The fraction of sp³-hybridized carbons (Fsp3) is 0.500. The Hall–Kier alpha value is -2.50. The first kappa shape index (κ1) is 25.1. The topological polar surface area (TPSA) is 141 Å². The van der Waals surface area contributed by atoms with Gasteiger partial charge in [-0.15, -0.1) is 15.7 Å². The standard InChI is InChI=1S/C22H31N5O4S2/c1-13-11-18(31-4)14(2)15(3)20(13)33(29,30)26-22(24)27-8-5-16(6-9-27)12-17(23)19(28)21-25-7-10-32-21/h7,10-11,16-17H,5-6,8-9,12,23H2,1-4H3,(H2,24,26). The van der Waals surface area contributed by atoms with Crippen LogP contribution in [-0.2, 0) is 10.0 Å². The molecule has 3 rings (SSSR count). The fourth-order valence-corrected chi connectivity index (χ4v) is 6.32. The molecule has 1 aliphatic heterocycles. The average molecular weight is 494 g/mol. The number of methoxy groups -OCH3 is 1. The number of ketones is 1. The zero-order chi connectivity index (χ0) is 24.3. The van der Waals surface area contributed by atoms with Gasteiger partial charge in [0.1, 0.15) is 5.75 Å². The number of aryl methyl sites for hydroxylation is 1. The molecule has 1 fully saturated rings. The monoisotopic (exact) mass is 493 g/mol. The summed E-state index contributed by atoms with van der Waals surface area (Å²) < 4.78 is 35.4. The lowest BCUT2D eigenvalue weighted by Gasteiger charge is -2.33. The second-order valence-electron chi connectivity index (χ2n) is 8.37. The van der Waals surface area contributed by atoms with Gasteiger partial charge in [0.2, 0.25) is 11.7 Å². The van der Waals surface area contributed by atoms with Gasteiger partial charge in [0, 0.05) is 24.7 Å². The molecule has 0 spiro atoms. The van der Waals surface area contributed by atoms with E-state index in [9.17, 15) is 13.2 Å². The Kier molecular flexibility index (Phi) is 7.76. The van der Waals surface area contributed by atoms with Gasteiger partial charge in [-0.1, -0.05) is 0 Å². The Labute approximate surface area is 198 Å². The molecule has 1 aromatic carbocycles. The predicted octanol–water partition coefficient (Wildman–Crippen LogP) is 2.39. The Morgan fingerprint density at radius 2 is 1.97 bits per heavy atom. The molecular weight excluding hydrogens is 462 g/mol. The molecule has 11 heteroatoms. The fourth-order valence-electron chi connectivity index (χ4n) is 4.22. The molecule has 0 saturated carbocycles. The van der Waals surface area contributed by atoms with Crippen molar-refractivity contribution in [1.29, 1.82) is 0 Å². The molecule has 1 aliphatic rings. The highest BCUT2D eigenvalue weighted by Gasteiger charge is 2.28. The number of Topliss-reactive ketones (excluding diaryl/α,β-unsaturated/α-hetero) is 1. The number of ether oxygens (including phenoxy) is 1. The number of hydrogen-bond acceptors (Lipinski definition) is 7. The van der Waals surface area contributed by atoms with Gasteiger partial charge in [0.05, 0.1) is 18.0 Å². The SMILES string of the molecule is COc1cc(C)c(S(=O)(=O)N=C(N)N2CCC(CC(N)C(=O)c3nccs3)CC2)c(C)c1C. The third-order valence-corrected chi connectivity index (χ3v) is 8.53. The van der Waals surface area contributed by atoms with E-state index >= 15 is 0 Å². The van der Waals surface area contributed by atoms with Crippen LogP contribution >= 0.6 is 11.3 Å². The molecule has 2 aromatic rings. The third kappa shape index (κ3) is 5.53. The summed E-state index contributed by atoms with van der Waals surface area (Å²) in [5.74, 6) is 0.719. The number of carbonyl (C=O) groups excluding carboxylic acids is 1. The van der Waals surface area contributed by atoms with E-state index in [1.54, 1.807) is 43.5 Å². The number of hydrogen-bond donors (Lipinski definition) is 2. The Morgan fingerprint density at radius 1 is 1.30 bits per heavy atom. The summed E-state index contributed by atoms with van der Waals surface area (Å²) in [5, 5.41) is 2.19. The predicted molar refractivity (Wildman–Crippen MR) is 129 cm³/mol. The molecule has 1 saturated heterocycles. The van der Waals surface area contributed by atoms with E-state index in [4.69, 9.17) is 16.2 Å². The molecule has 1 atom stereocenters. The number of thiazole rings is 1. The van der Waals surface area contributed by atoms with Crippen LogP contribution in [0.1, 0.15) is 45.8 Å². The van der Waals surface area contributed by atoms with Crippen LogP contribution in [-0.4, -0.2) is 56.3 Å². The second kappa shape index (κ2) is 10.2. The van der Waals surface area contributed by atoms with E-state index in [-0.39, 0.29) is 22.6 Å². The number of guanidine groups is 1. The van der Waals surface area contributed by atoms with E-state index in [2.05, 4.69) is 9.38 Å². The smallest absolute Gasteiger partial charge is 0.286 e. The summed E-state index contributed by atoms with van der Waals surface area (Å²) in [4.78, 5) is 18.3. The number of nitrogens with zero attached hydrogens (tertiary/aromatic N) is 3. The van der Waals surface area contributed by atoms with E-state index < -0.39 is 16.1 Å². The minimum absolute atomic E-state index is 0.0242. The molecule has 180 valence electrons. The van der Waals surface area contributed by atoms with Crippen molar-refractivity contribution >= 4 is 33.1 Å². The number of aromatic nitrogens is 1. The van der Waals surface area contributed by atoms with Crippen molar-refractivity contribution in [3.63, 3.8) is 0 Å². The van der Waals surface area contributed by atoms with Gasteiger partial charge >= 0.3 is 0 Å². The number of benzene rings is 1. The second-order valence-corrected chi connectivity index (χ2v) is 10.8. The number of carbonyl (C=O) groups is 1. The highest BCUT2D eigenvalue weighted by molar-refractivity contribution is 7.90. The number of sulfonamides is 1. The van der Waals surface area contributed by atoms with Crippen LogP contribution in [0.25, 0.3) is 0 Å². The lowest BCUT2D eigenvalue weighted by molar-refractivity contribution is 0.0940. The van der Waals surface area contributed by atoms with E-state index in [0.717, 1.165) is 18.4 Å². The molecule has 1 aromatic heterocycles. The Balaban J connectivity index is 1.67.